The number of rotatable bonds is 5. The molecule has 0 atom stereocenters. The van der Waals surface area contributed by atoms with Gasteiger partial charge in [0.2, 0.25) is 0 Å². The summed E-state index contributed by atoms with van der Waals surface area (Å²) in [4.78, 5) is 24.9. The van der Waals surface area contributed by atoms with Gasteiger partial charge in [-0.2, -0.15) is 0 Å². The third kappa shape index (κ3) is 2.93. The molecule has 0 spiro atoms. The smallest absolute Gasteiger partial charge is 0.307 e. The van der Waals surface area contributed by atoms with E-state index in [1.807, 2.05) is 0 Å². The van der Waals surface area contributed by atoms with E-state index < -0.39 is 5.97 Å². The average molecular weight is 394 g/mol. The summed E-state index contributed by atoms with van der Waals surface area (Å²) in [5.74, 6) is -0.844. The highest BCUT2D eigenvalue weighted by atomic mass is 35.5. The lowest BCUT2D eigenvalue weighted by molar-refractivity contribution is -0.136. The summed E-state index contributed by atoms with van der Waals surface area (Å²) in [5.41, 5.74) is 1.57. The number of aliphatic carboxylic acids is 1. The predicted molar refractivity (Wildman–Crippen MR) is 100 cm³/mol. The van der Waals surface area contributed by atoms with Crippen LogP contribution in [0.5, 0.6) is 10.8 Å². The van der Waals surface area contributed by atoms with Gasteiger partial charge in [-0.15, -0.1) is 0 Å². The number of carbonyl (C=O) groups excluding carboxylic acids is 1. The standard InChI is InChI=1S/C18H16ClNO5S/c1-9-10(8-14(21)22)16-11(4-5-12(24-2)17(16)19)20(9)18(23)13-6-7-15(25-3)26-13/h4-7H,8H2,1-3H3,(H,21,22). The van der Waals surface area contributed by atoms with Gasteiger partial charge in [0.15, 0.2) is 5.06 Å². The van der Waals surface area contributed by atoms with Crippen molar-refractivity contribution in [1.29, 1.82) is 0 Å². The molecule has 0 bridgehead atoms. The minimum absolute atomic E-state index is 0.247. The molecule has 1 N–H and O–H groups in total. The quantitative estimate of drug-likeness (QED) is 0.708. The zero-order valence-corrected chi connectivity index (χ0v) is 15.9. The van der Waals surface area contributed by atoms with Crippen molar-refractivity contribution >= 4 is 45.7 Å². The molecule has 0 unspecified atom stereocenters. The van der Waals surface area contributed by atoms with Crippen molar-refractivity contribution in [2.75, 3.05) is 14.2 Å². The van der Waals surface area contributed by atoms with E-state index in [0.29, 0.717) is 42.9 Å². The molecule has 2 aromatic heterocycles. The molecule has 8 heteroatoms. The van der Waals surface area contributed by atoms with Crippen molar-refractivity contribution in [3.8, 4) is 10.8 Å². The van der Waals surface area contributed by atoms with Crippen LogP contribution in [0.1, 0.15) is 20.9 Å². The van der Waals surface area contributed by atoms with Crippen LogP contribution in [-0.4, -0.2) is 35.8 Å². The molecule has 0 saturated carbocycles. The molecular weight excluding hydrogens is 378 g/mol. The van der Waals surface area contributed by atoms with Crippen LogP contribution in [-0.2, 0) is 11.2 Å². The molecule has 0 aliphatic rings. The predicted octanol–water partition coefficient (Wildman–Crippen LogP) is 4.00. The lowest BCUT2D eigenvalue weighted by atomic mass is 10.1. The second kappa shape index (κ2) is 7.01. The number of nitrogens with zero attached hydrogens (tertiary/aromatic N) is 1. The molecule has 2 heterocycles. The van der Waals surface area contributed by atoms with Gasteiger partial charge in [0, 0.05) is 11.1 Å². The number of methoxy groups -OCH3 is 2. The number of benzene rings is 1. The third-order valence-electron chi connectivity index (χ3n) is 4.14. The van der Waals surface area contributed by atoms with Gasteiger partial charge in [-0.05, 0) is 36.8 Å². The topological polar surface area (TPSA) is 77.8 Å². The maximum absolute atomic E-state index is 13.1. The molecule has 0 aliphatic carbocycles. The van der Waals surface area contributed by atoms with E-state index in [1.54, 1.807) is 31.2 Å². The highest BCUT2D eigenvalue weighted by molar-refractivity contribution is 7.15. The number of carboxylic acids is 1. The molecule has 0 amide bonds. The monoisotopic (exact) mass is 393 g/mol. The Morgan fingerprint density at radius 1 is 1.19 bits per heavy atom. The van der Waals surface area contributed by atoms with Crippen LogP contribution in [0, 0.1) is 6.92 Å². The van der Waals surface area contributed by atoms with Gasteiger partial charge in [0.25, 0.3) is 5.91 Å². The Balaban J connectivity index is 2.28. The zero-order valence-electron chi connectivity index (χ0n) is 14.3. The molecule has 136 valence electrons. The lowest BCUT2D eigenvalue weighted by Crippen LogP contribution is -2.12. The van der Waals surface area contributed by atoms with Crippen molar-refractivity contribution in [2.24, 2.45) is 0 Å². The number of hydrogen-bond acceptors (Lipinski definition) is 5. The maximum atomic E-state index is 13.1. The molecule has 0 radical (unpaired) electrons. The largest absolute Gasteiger partial charge is 0.495 e. The van der Waals surface area contributed by atoms with Crippen LogP contribution in [0.25, 0.3) is 10.9 Å². The molecule has 0 aliphatic heterocycles. The molecule has 0 saturated heterocycles. The van der Waals surface area contributed by atoms with E-state index in [9.17, 15) is 14.7 Å². The van der Waals surface area contributed by atoms with E-state index in [0.717, 1.165) is 0 Å². The zero-order chi connectivity index (χ0) is 19.0. The number of thiophene rings is 1. The molecule has 6 nitrogen and oxygen atoms in total. The molecule has 3 aromatic rings. The van der Waals surface area contributed by atoms with Gasteiger partial charge < -0.3 is 14.6 Å². The Kier molecular flexibility index (Phi) is 4.93. The number of ether oxygens (including phenoxy) is 2. The summed E-state index contributed by atoms with van der Waals surface area (Å²) in [6.07, 6.45) is -0.247. The van der Waals surface area contributed by atoms with Gasteiger partial charge in [-0.1, -0.05) is 22.9 Å². The second-order valence-corrected chi connectivity index (χ2v) is 7.00. The Morgan fingerprint density at radius 2 is 1.92 bits per heavy atom. The van der Waals surface area contributed by atoms with Gasteiger partial charge in [-0.25, -0.2) is 0 Å². The van der Waals surface area contributed by atoms with Crippen LogP contribution in [0.4, 0.5) is 0 Å². The Labute approximate surface area is 158 Å². The summed E-state index contributed by atoms with van der Waals surface area (Å²) >= 11 is 7.65. The number of carboxylic acid groups (broad SMARTS) is 1. The first kappa shape index (κ1) is 18.3. The minimum atomic E-state index is -1.00. The third-order valence-corrected chi connectivity index (χ3v) is 5.55. The maximum Gasteiger partial charge on any atom is 0.307 e. The summed E-state index contributed by atoms with van der Waals surface area (Å²) in [5, 5.41) is 10.7. The van der Waals surface area contributed by atoms with Gasteiger partial charge in [0.05, 0.1) is 36.1 Å². The fourth-order valence-electron chi connectivity index (χ4n) is 2.96. The van der Waals surface area contributed by atoms with Crippen molar-refractivity contribution in [3.63, 3.8) is 0 Å². The van der Waals surface area contributed by atoms with E-state index >= 15 is 0 Å². The van der Waals surface area contributed by atoms with Crippen LogP contribution in [0.3, 0.4) is 0 Å². The molecule has 1 aromatic carbocycles. The lowest BCUT2D eigenvalue weighted by Gasteiger charge is -2.07. The van der Waals surface area contributed by atoms with Crippen molar-refractivity contribution in [2.45, 2.75) is 13.3 Å². The van der Waals surface area contributed by atoms with Gasteiger partial charge >= 0.3 is 5.97 Å². The van der Waals surface area contributed by atoms with Crippen molar-refractivity contribution in [1.82, 2.24) is 4.57 Å². The first-order valence-corrected chi connectivity index (χ1v) is 8.85. The molecule has 26 heavy (non-hydrogen) atoms. The van der Waals surface area contributed by atoms with E-state index in [1.165, 1.54) is 30.1 Å². The highest BCUT2D eigenvalue weighted by Gasteiger charge is 2.25. The minimum Gasteiger partial charge on any atom is -0.495 e. The van der Waals surface area contributed by atoms with Gasteiger partial charge in [-0.3, -0.25) is 14.2 Å². The SMILES string of the molecule is COc1ccc(C(=O)n2c(C)c(CC(=O)O)c3c(Cl)c(OC)ccc32)s1. The fourth-order valence-corrected chi connectivity index (χ4v) is 4.06. The Morgan fingerprint density at radius 3 is 2.50 bits per heavy atom. The molecule has 0 fully saturated rings. The van der Waals surface area contributed by atoms with E-state index in [4.69, 9.17) is 21.1 Å². The van der Waals surface area contributed by atoms with Crippen molar-refractivity contribution < 1.29 is 24.2 Å². The van der Waals surface area contributed by atoms with Crippen LogP contribution in [0.2, 0.25) is 5.02 Å². The van der Waals surface area contributed by atoms with Crippen LogP contribution < -0.4 is 9.47 Å². The number of carbonyl (C=O) groups is 2. The number of aromatic nitrogens is 1. The average Bonchev–Trinajstić information content (AvgIpc) is 3.18. The van der Waals surface area contributed by atoms with Crippen molar-refractivity contribution in [3.05, 3.63) is 45.4 Å². The molecular formula is C18H16ClNO5S. The van der Waals surface area contributed by atoms with E-state index in [2.05, 4.69) is 0 Å². The fraction of sp³-hybridized carbons (Fsp3) is 0.222. The first-order valence-electron chi connectivity index (χ1n) is 7.65. The summed E-state index contributed by atoms with van der Waals surface area (Å²) in [6, 6.07) is 6.76. The Hall–Kier alpha value is -2.51. The van der Waals surface area contributed by atoms with Gasteiger partial charge in [0.1, 0.15) is 5.75 Å². The molecule has 3 rings (SSSR count). The first-order chi connectivity index (χ1) is 12.4. The van der Waals surface area contributed by atoms with Crippen LogP contribution in [0.15, 0.2) is 24.3 Å². The normalized spacial score (nSPS) is 10.9. The highest BCUT2D eigenvalue weighted by Crippen LogP contribution is 2.39. The summed E-state index contributed by atoms with van der Waals surface area (Å²) in [7, 11) is 3.02. The summed E-state index contributed by atoms with van der Waals surface area (Å²) in [6.45, 7) is 1.71. The Bertz CT molecular complexity index is 1020. The second-order valence-electron chi connectivity index (χ2n) is 5.57. The number of hydrogen-bond donors (Lipinski definition) is 1. The summed E-state index contributed by atoms with van der Waals surface area (Å²) < 4.78 is 11.9. The number of halogens is 1. The van der Waals surface area contributed by atoms with E-state index in [-0.39, 0.29) is 12.3 Å². The van der Waals surface area contributed by atoms with Crippen LogP contribution >= 0.6 is 22.9 Å². The number of fused-ring (bicyclic) bond motifs is 1.